The average Bonchev–Trinajstić information content (AvgIpc) is 2.82. The van der Waals surface area contributed by atoms with Crippen LogP contribution >= 0.6 is 0 Å². The van der Waals surface area contributed by atoms with Crippen molar-refractivity contribution in [1.82, 2.24) is 4.90 Å². The van der Waals surface area contributed by atoms with Crippen LogP contribution in [-0.4, -0.2) is 34.7 Å². The van der Waals surface area contributed by atoms with Crippen LogP contribution in [0.25, 0.3) is 0 Å². The summed E-state index contributed by atoms with van der Waals surface area (Å²) in [7, 11) is 0. The Morgan fingerprint density at radius 1 is 1.12 bits per heavy atom. The summed E-state index contributed by atoms with van der Waals surface area (Å²) < 4.78 is 5.90. The molecule has 1 aliphatic heterocycles. The lowest BCUT2D eigenvalue weighted by Crippen LogP contribution is -2.36. The molecule has 2 amide bonds. The van der Waals surface area contributed by atoms with Crippen molar-refractivity contribution in [3.05, 3.63) is 60.2 Å². The number of amides is 2. The van der Waals surface area contributed by atoms with Gasteiger partial charge in [-0.05, 0) is 43.9 Å². The minimum Gasteiger partial charge on any atom is -0.487 e. The van der Waals surface area contributed by atoms with Crippen molar-refractivity contribution in [2.45, 2.75) is 38.4 Å². The van der Waals surface area contributed by atoms with E-state index in [-0.39, 0.29) is 6.03 Å². The van der Waals surface area contributed by atoms with Gasteiger partial charge in [0, 0.05) is 13.1 Å². The predicted octanol–water partition coefficient (Wildman–Crippen LogP) is 4.03. The Kier molecular flexibility index (Phi) is 5.78. The van der Waals surface area contributed by atoms with Crippen LogP contribution < -0.4 is 10.1 Å². The molecule has 1 atom stereocenters. The van der Waals surface area contributed by atoms with Gasteiger partial charge in [0.2, 0.25) is 0 Å². The second-order valence-corrected chi connectivity index (χ2v) is 7.04. The third kappa shape index (κ3) is 4.99. The molecule has 0 aromatic heterocycles. The molecular weight excluding hydrogens is 328 g/mol. The number of anilines is 1. The lowest BCUT2D eigenvalue weighted by Gasteiger charge is -2.23. The Morgan fingerprint density at radius 3 is 2.65 bits per heavy atom. The van der Waals surface area contributed by atoms with Crippen molar-refractivity contribution < 1.29 is 14.6 Å². The van der Waals surface area contributed by atoms with E-state index < -0.39 is 5.60 Å². The largest absolute Gasteiger partial charge is 0.487 e. The number of aliphatic hydroxyl groups is 1. The molecule has 5 nitrogen and oxygen atoms in total. The first-order chi connectivity index (χ1) is 12.5. The zero-order chi connectivity index (χ0) is 18.4. The van der Waals surface area contributed by atoms with E-state index in [1.165, 1.54) is 0 Å². The number of hydrogen-bond donors (Lipinski definition) is 2. The van der Waals surface area contributed by atoms with E-state index in [0.29, 0.717) is 44.0 Å². The molecule has 1 aliphatic rings. The monoisotopic (exact) mass is 354 g/mol. The standard InChI is InChI=1S/C21H26N2O3/c1-21(25)12-7-14-23(15-13-21)20(24)22-18-10-5-6-11-19(18)26-16-17-8-3-2-4-9-17/h2-6,8-11,25H,7,12-16H2,1H3,(H,22,24)/t21-/m1/s1. The minimum atomic E-state index is -0.689. The van der Waals surface area contributed by atoms with Gasteiger partial charge in [0.1, 0.15) is 12.4 Å². The van der Waals surface area contributed by atoms with Gasteiger partial charge < -0.3 is 20.1 Å². The Balaban J connectivity index is 1.63. The summed E-state index contributed by atoms with van der Waals surface area (Å²) in [4.78, 5) is 14.4. The molecule has 2 N–H and O–H groups in total. The zero-order valence-electron chi connectivity index (χ0n) is 15.1. The summed E-state index contributed by atoms with van der Waals surface area (Å²) >= 11 is 0. The molecule has 1 heterocycles. The number of nitrogens with one attached hydrogen (secondary N) is 1. The van der Waals surface area contributed by atoms with Gasteiger partial charge in [0.05, 0.1) is 11.3 Å². The Labute approximate surface area is 154 Å². The lowest BCUT2D eigenvalue weighted by molar-refractivity contribution is 0.0458. The van der Waals surface area contributed by atoms with Crippen LogP contribution in [0.2, 0.25) is 0 Å². The molecule has 0 radical (unpaired) electrons. The Hall–Kier alpha value is -2.53. The van der Waals surface area contributed by atoms with E-state index in [1.807, 2.05) is 61.5 Å². The summed E-state index contributed by atoms with van der Waals surface area (Å²) in [5.41, 5.74) is 1.04. The highest BCUT2D eigenvalue weighted by Crippen LogP contribution is 2.26. The van der Waals surface area contributed by atoms with Crippen molar-refractivity contribution >= 4 is 11.7 Å². The number of ether oxygens (including phenoxy) is 1. The summed E-state index contributed by atoms with van der Waals surface area (Å²) in [5.74, 6) is 0.645. The maximum atomic E-state index is 12.6. The fourth-order valence-electron chi connectivity index (χ4n) is 3.09. The van der Waals surface area contributed by atoms with Crippen molar-refractivity contribution in [3.63, 3.8) is 0 Å². The van der Waals surface area contributed by atoms with Crippen LogP contribution in [0.1, 0.15) is 31.7 Å². The molecule has 0 bridgehead atoms. The van der Waals surface area contributed by atoms with E-state index in [9.17, 15) is 9.90 Å². The first-order valence-corrected chi connectivity index (χ1v) is 9.08. The van der Waals surface area contributed by atoms with Gasteiger partial charge in [-0.25, -0.2) is 4.79 Å². The van der Waals surface area contributed by atoms with Crippen LogP contribution in [-0.2, 0) is 6.61 Å². The Bertz CT molecular complexity index is 731. The number of urea groups is 1. The van der Waals surface area contributed by atoms with Gasteiger partial charge in [-0.15, -0.1) is 0 Å². The van der Waals surface area contributed by atoms with E-state index in [4.69, 9.17) is 4.74 Å². The second kappa shape index (κ2) is 8.23. The molecule has 3 rings (SSSR count). The van der Waals surface area contributed by atoms with E-state index >= 15 is 0 Å². The summed E-state index contributed by atoms with van der Waals surface area (Å²) in [6.07, 6.45) is 2.10. The zero-order valence-corrected chi connectivity index (χ0v) is 15.1. The SMILES string of the molecule is C[C@@]1(O)CCCN(C(=O)Nc2ccccc2OCc2ccccc2)CC1. The van der Waals surface area contributed by atoms with Crippen LogP contribution in [0.3, 0.4) is 0 Å². The highest BCUT2D eigenvalue weighted by molar-refractivity contribution is 5.91. The molecule has 0 aliphatic carbocycles. The molecule has 2 aromatic rings. The van der Waals surface area contributed by atoms with Gasteiger partial charge in [-0.3, -0.25) is 0 Å². The molecule has 1 saturated heterocycles. The van der Waals surface area contributed by atoms with E-state index in [2.05, 4.69) is 5.32 Å². The van der Waals surface area contributed by atoms with Crippen LogP contribution in [0, 0.1) is 0 Å². The number of nitrogens with zero attached hydrogens (tertiary/aromatic N) is 1. The van der Waals surface area contributed by atoms with Gasteiger partial charge in [-0.2, -0.15) is 0 Å². The molecule has 2 aromatic carbocycles. The topological polar surface area (TPSA) is 61.8 Å². The van der Waals surface area contributed by atoms with E-state index in [0.717, 1.165) is 12.0 Å². The molecule has 0 spiro atoms. The third-order valence-corrected chi connectivity index (χ3v) is 4.72. The third-order valence-electron chi connectivity index (χ3n) is 4.72. The second-order valence-electron chi connectivity index (χ2n) is 7.04. The van der Waals surface area contributed by atoms with Crippen molar-refractivity contribution in [2.24, 2.45) is 0 Å². The molecule has 5 heteroatoms. The van der Waals surface area contributed by atoms with Crippen molar-refractivity contribution in [1.29, 1.82) is 0 Å². The van der Waals surface area contributed by atoms with Gasteiger partial charge in [0.15, 0.2) is 0 Å². The van der Waals surface area contributed by atoms with Crippen LogP contribution in [0.4, 0.5) is 10.5 Å². The average molecular weight is 354 g/mol. The Morgan fingerprint density at radius 2 is 1.85 bits per heavy atom. The maximum absolute atomic E-state index is 12.6. The molecule has 1 fully saturated rings. The lowest BCUT2D eigenvalue weighted by atomic mass is 9.98. The first-order valence-electron chi connectivity index (χ1n) is 9.08. The quantitative estimate of drug-likeness (QED) is 0.871. The normalized spacial score (nSPS) is 20.3. The fraction of sp³-hybridized carbons (Fsp3) is 0.381. The van der Waals surface area contributed by atoms with Gasteiger partial charge in [0.25, 0.3) is 0 Å². The maximum Gasteiger partial charge on any atom is 0.321 e. The molecular formula is C21H26N2O3. The van der Waals surface area contributed by atoms with Crippen molar-refractivity contribution in [3.8, 4) is 5.75 Å². The van der Waals surface area contributed by atoms with Gasteiger partial charge in [-0.1, -0.05) is 42.5 Å². The molecule has 0 unspecified atom stereocenters. The van der Waals surface area contributed by atoms with Crippen LogP contribution in [0.5, 0.6) is 5.75 Å². The number of carbonyl (C=O) groups is 1. The number of rotatable bonds is 4. The fourth-order valence-corrected chi connectivity index (χ4v) is 3.09. The van der Waals surface area contributed by atoms with Gasteiger partial charge >= 0.3 is 6.03 Å². The van der Waals surface area contributed by atoms with Crippen LogP contribution in [0.15, 0.2) is 54.6 Å². The molecule has 138 valence electrons. The highest BCUT2D eigenvalue weighted by atomic mass is 16.5. The predicted molar refractivity (Wildman–Crippen MR) is 102 cm³/mol. The number of benzene rings is 2. The number of para-hydroxylation sites is 2. The molecule has 26 heavy (non-hydrogen) atoms. The highest BCUT2D eigenvalue weighted by Gasteiger charge is 2.27. The number of likely N-dealkylation sites (tertiary alicyclic amines) is 1. The summed E-state index contributed by atoms with van der Waals surface area (Å²) in [6.45, 7) is 3.47. The summed E-state index contributed by atoms with van der Waals surface area (Å²) in [5, 5.41) is 13.1. The van der Waals surface area contributed by atoms with Crippen molar-refractivity contribution in [2.75, 3.05) is 18.4 Å². The first kappa shape index (κ1) is 18.3. The minimum absolute atomic E-state index is 0.154. The smallest absolute Gasteiger partial charge is 0.321 e. The number of carbonyl (C=O) groups excluding carboxylic acids is 1. The summed E-state index contributed by atoms with van der Waals surface area (Å²) in [6, 6.07) is 17.2. The van der Waals surface area contributed by atoms with E-state index in [1.54, 1.807) is 4.90 Å². The number of hydrogen-bond acceptors (Lipinski definition) is 3. The molecule has 0 saturated carbocycles.